The maximum Gasteiger partial charge on any atom is 0.0979 e. The Balaban J connectivity index is 0.000000138. The van der Waals surface area contributed by atoms with E-state index in [0.717, 1.165) is 66.1 Å². The highest BCUT2D eigenvalue weighted by Crippen LogP contribution is 2.43. The third kappa shape index (κ3) is 8.78. The third-order valence-corrected chi connectivity index (χ3v) is 20.0. The zero-order valence-electron chi connectivity index (χ0n) is 48.6. The predicted molar refractivity (Wildman–Crippen MR) is 378 cm³/mol. The summed E-state index contributed by atoms with van der Waals surface area (Å²) >= 11 is 3.73. The van der Waals surface area contributed by atoms with Gasteiger partial charge in [0, 0.05) is 73.0 Å². The van der Waals surface area contributed by atoms with E-state index in [4.69, 9.17) is 19.9 Å². The molecule has 0 saturated carbocycles. The van der Waals surface area contributed by atoms with E-state index < -0.39 is 0 Å². The molecule has 0 atom stereocenters. The van der Waals surface area contributed by atoms with Crippen LogP contribution in [-0.4, -0.2) is 19.9 Å². The summed E-state index contributed by atoms with van der Waals surface area (Å²) in [5, 5.41) is 17.2. The quantitative estimate of drug-likeness (QED) is 0.161. The molecule has 0 radical (unpaired) electrons. The van der Waals surface area contributed by atoms with Crippen LogP contribution in [0.1, 0.15) is 26.3 Å². The van der Waals surface area contributed by atoms with Crippen LogP contribution in [0.25, 0.3) is 172 Å². The minimum Gasteiger partial charge on any atom is -0.252 e. The molecular formula is C82H54N4S2. The van der Waals surface area contributed by atoms with Gasteiger partial charge in [0.2, 0.25) is 0 Å². The smallest absolute Gasteiger partial charge is 0.0979 e. The van der Waals surface area contributed by atoms with Crippen LogP contribution in [0.5, 0.6) is 0 Å². The molecule has 0 spiro atoms. The van der Waals surface area contributed by atoms with Crippen molar-refractivity contribution in [3.63, 3.8) is 0 Å². The van der Waals surface area contributed by atoms with E-state index in [0.29, 0.717) is 0 Å². The second-order valence-electron chi connectivity index (χ2n) is 24.1. The number of thiophene rings is 2. The van der Waals surface area contributed by atoms with E-state index in [1.165, 1.54) is 112 Å². The molecule has 6 heteroatoms. The van der Waals surface area contributed by atoms with Crippen molar-refractivity contribution in [3.8, 4) is 55.9 Å². The number of rotatable bonds is 5. The third-order valence-electron chi connectivity index (χ3n) is 17.7. The fourth-order valence-electron chi connectivity index (χ4n) is 13.3. The Morgan fingerprint density at radius 1 is 0.261 bits per heavy atom. The van der Waals surface area contributed by atoms with Gasteiger partial charge >= 0.3 is 0 Å². The average molecular weight is 1160 g/mol. The van der Waals surface area contributed by atoms with E-state index >= 15 is 0 Å². The normalized spacial score (nSPS) is 12.0. The first kappa shape index (κ1) is 51.9. The molecule has 0 amide bonds. The first-order valence-electron chi connectivity index (χ1n) is 30.0. The molecule has 4 aromatic heterocycles. The molecule has 0 N–H and O–H groups in total. The lowest BCUT2D eigenvalue weighted by Gasteiger charge is -2.18. The highest BCUT2D eigenvalue weighted by atomic mass is 32.1. The van der Waals surface area contributed by atoms with E-state index in [2.05, 4.69) is 282 Å². The number of benzene rings is 14. The monoisotopic (exact) mass is 1160 g/mol. The summed E-state index contributed by atoms with van der Waals surface area (Å²) in [6.45, 7) is 6.84. The Morgan fingerprint density at radius 3 is 1.09 bits per heavy atom. The van der Waals surface area contributed by atoms with Gasteiger partial charge in [-0.25, -0.2) is 9.97 Å². The average Bonchev–Trinajstić information content (AvgIpc) is 2.44. The summed E-state index contributed by atoms with van der Waals surface area (Å²) in [6.07, 6.45) is 3.85. The maximum atomic E-state index is 5.24. The van der Waals surface area contributed by atoms with E-state index in [1.807, 2.05) is 35.1 Å². The van der Waals surface area contributed by atoms with Crippen LogP contribution in [0, 0.1) is 0 Å². The molecule has 0 bridgehead atoms. The van der Waals surface area contributed by atoms with Gasteiger partial charge in [0.25, 0.3) is 0 Å². The second kappa shape index (κ2) is 20.6. The van der Waals surface area contributed by atoms with Gasteiger partial charge in [-0.2, -0.15) is 0 Å². The number of hydrogen-bond acceptors (Lipinski definition) is 6. The van der Waals surface area contributed by atoms with Crippen molar-refractivity contribution in [2.45, 2.75) is 26.2 Å². The summed E-state index contributed by atoms with van der Waals surface area (Å²) in [6, 6.07) is 94.2. The van der Waals surface area contributed by atoms with Gasteiger partial charge in [-0.1, -0.05) is 221 Å². The largest absolute Gasteiger partial charge is 0.252 e. The van der Waals surface area contributed by atoms with Gasteiger partial charge in [0.1, 0.15) is 0 Å². The topological polar surface area (TPSA) is 51.6 Å². The fraction of sp³-hybridized carbons (Fsp3) is 0.0488. The van der Waals surface area contributed by atoms with Gasteiger partial charge in [0.15, 0.2) is 0 Å². The summed E-state index contributed by atoms with van der Waals surface area (Å²) in [7, 11) is 0. The van der Waals surface area contributed by atoms with Gasteiger partial charge < -0.3 is 0 Å². The minimum absolute atomic E-state index is 0.118. The summed E-state index contributed by atoms with van der Waals surface area (Å²) in [5.41, 5.74) is 16.4. The van der Waals surface area contributed by atoms with Crippen molar-refractivity contribution in [3.05, 3.63) is 279 Å². The highest BCUT2D eigenvalue weighted by Gasteiger charge is 2.19. The Bertz CT molecular complexity index is 5810. The van der Waals surface area contributed by atoms with Crippen molar-refractivity contribution in [2.75, 3.05) is 0 Å². The number of hydrogen-bond donors (Lipinski definition) is 0. The van der Waals surface area contributed by atoms with Gasteiger partial charge in [-0.3, -0.25) is 9.97 Å². The summed E-state index contributed by atoms with van der Waals surface area (Å²) < 4.78 is 5.27. The Kier molecular flexibility index (Phi) is 12.1. The second-order valence-corrected chi connectivity index (χ2v) is 26.2. The lowest BCUT2D eigenvalue weighted by atomic mass is 9.86. The number of nitrogens with zero attached hydrogens (tertiary/aromatic N) is 4. The van der Waals surface area contributed by atoms with E-state index in [1.54, 1.807) is 0 Å². The zero-order chi connectivity index (χ0) is 58.6. The van der Waals surface area contributed by atoms with Crippen LogP contribution in [0.15, 0.2) is 273 Å². The lowest BCUT2D eigenvalue weighted by Crippen LogP contribution is -2.10. The molecule has 0 aliphatic carbocycles. The molecule has 18 aromatic rings. The van der Waals surface area contributed by atoms with Crippen molar-refractivity contribution >= 4 is 139 Å². The molecular weight excluding hydrogens is 1110 g/mol. The van der Waals surface area contributed by atoms with Gasteiger partial charge in [-0.15, -0.1) is 22.7 Å². The van der Waals surface area contributed by atoms with Crippen LogP contribution in [-0.2, 0) is 5.41 Å². The molecule has 88 heavy (non-hydrogen) atoms. The van der Waals surface area contributed by atoms with E-state index in [9.17, 15) is 0 Å². The first-order valence-corrected chi connectivity index (χ1v) is 31.6. The molecule has 4 nitrogen and oxygen atoms in total. The van der Waals surface area contributed by atoms with Crippen molar-refractivity contribution < 1.29 is 0 Å². The van der Waals surface area contributed by atoms with Crippen LogP contribution >= 0.6 is 22.7 Å². The minimum atomic E-state index is 0.118. The van der Waals surface area contributed by atoms with Crippen molar-refractivity contribution in [1.29, 1.82) is 0 Å². The molecule has 4 heterocycles. The molecule has 0 aliphatic rings. The molecule has 0 saturated heterocycles. The summed E-state index contributed by atoms with van der Waals surface area (Å²) in [5.74, 6) is 0. The molecule has 18 rings (SSSR count). The Morgan fingerprint density at radius 2 is 0.614 bits per heavy atom. The van der Waals surface area contributed by atoms with E-state index in [-0.39, 0.29) is 5.41 Å². The molecule has 0 fully saturated rings. The molecule has 0 unspecified atom stereocenters. The van der Waals surface area contributed by atoms with Crippen LogP contribution < -0.4 is 0 Å². The van der Waals surface area contributed by atoms with Crippen molar-refractivity contribution in [1.82, 2.24) is 19.9 Å². The Labute approximate surface area is 516 Å². The standard InChI is InChI=1S/C44H26N2S.C38H28N2S/c1-2-13-32-27(9-1)10-8-18-33(32)30-20-22-42-39(25-30)38-24-29(19-21-41(38)47-42)28-11-7-12-31(23-28)40-26-45-43-36-16-5-3-14-34(36)35-15-4-6-17-37(35)44(43)46-40;1-38(2,3)26-16-18-35-32(21-26)31-20-24(15-17-34(31)41-35)23-9-8-10-25(19-23)33-22-39-36-29-13-6-4-11-27(29)28-12-5-7-14-30(28)37(36)40-33/h1-26H;4-22H,1-3H3. The SMILES string of the molecule is CC(C)(C)c1ccc2sc3ccc(-c4cccc(-c5cnc6c7ccccc7c7ccccc7c6n5)c4)cc3c2c1.c1cc(-c2ccc3sc4ccc(-c5cccc6ccccc56)cc4c3c2)cc(-c2cnc3c4ccccc4c4ccccc4c3n2)c1. The van der Waals surface area contributed by atoms with Gasteiger partial charge in [-0.05, 0) is 137 Å². The molecule has 14 aromatic carbocycles. The van der Waals surface area contributed by atoms with Gasteiger partial charge in [0.05, 0.1) is 45.8 Å². The van der Waals surface area contributed by atoms with Crippen molar-refractivity contribution in [2.24, 2.45) is 0 Å². The Hall–Kier alpha value is -10.5. The predicted octanol–water partition coefficient (Wildman–Crippen LogP) is 23.4. The molecule has 414 valence electrons. The zero-order valence-corrected chi connectivity index (χ0v) is 50.2. The summed E-state index contributed by atoms with van der Waals surface area (Å²) in [4.78, 5) is 20.4. The maximum absolute atomic E-state index is 5.24. The van der Waals surface area contributed by atoms with Crippen LogP contribution in [0.4, 0.5) is 0 Å². The first-order chi connectivity index (χ1) is 43.2. The van der Waals surface area contributed by atoms with Crippen LogP contribution in [0.2, 0.25) is 0 Å². The number of fused-ring (bicyclic) bond motifs is 19. The van der Waals surface area contributed by atoms with Crippen LogP contribution in [0.3, 0.4) is 0 Å². The highest BCUT2D eigenvalue weighted by molar-refractivity contribution is 7.26. The number of aromatic nitrogens is 4. The lowest BCUT2D eigenvalue weighted by molar-refractivity contribution is 0.591. The fourth-order valence-corrected chi connectivity index (χ4v) is 15.4. The molecule has 0 aliphatic heterocycles.